The van der Waals surface area contributed by atoms with Crippen LogP contribution in [0.2, 0.25) is 0 Å². The van der Waals surface area contributed by atoms with Gasteiger partial charge in [-0.05, 0) is 55.5 Å². The second-order valence-corrected chi connectivity index (χ2v) is 7.66. The van der Waals surface area contributed by atoms with Crippen molar-refractivity contribution in [3.8, 4) is 0 Å². The van der Waals surface area contributed by atoms with Crippen molar-refractivity contribution in [1.29, 1.82) is 0 Å². The second kappa shape index (κ2) is 7.75. The summed E-state index contributed by atoms with van der Waals surface area (Å²) in [6.45, 7) is 0.736. The topological polar surface area (TPSA) is 41.1 Å². The quantitative estimate of drug-likeness (QED) is 0.630. The Morgan fingerprint density at radius 2 is 1.62 bits per heavy atom. The fraction of sp³-hybridized carbons (Fsp3) is 0.227. The minimum absolute atomic E-state index is 0.0369. The van der Waals surface area contributed by atoms with Gasteiger partial charge in [-0.2, -0.15) is 0 Å². The van der Waals surface area contributed by atoms with E-state index in [1.807, 2.05) is 48.5 Å². The Morgan fingerprint density at radius 1 is 0.923 bits per heavy atom. The molecule has 0 spiro atoms. The number of rotatable bonds is 5. The van der Waals surface area contributed by atoms with Crippen LogP contribution in [0.1, 0.15) is 39.2 Å². The van der Waals surface area contributed by atoms with E-state index >= 15 is 0 Å². The number of carbonyl (C=O) groups excluding carboxylic acids is 1. The Balaban J connectivity index is 1.59. The molecule has 4 rings (SSSR count). The van der Waals surface area contributed by atoms with Crippen LogP contribution in [0.3, 0.4) is 0 Å². The molecule has 3 aromatic rings. The lowest BCUT2D eigenvalue weighted by Gasteiger charge is -2.14. The third-order valence-corrected chi connectivity index (χ3v) is 6.04. The van der Waals surface area contributed by atoms with Gasteiger partial charge >= 0.3 is 0 Å². The molecule has 2 aromatic carbocycles. The minimum atomic E-state index is -0.0369. The zero-order chi connectivity index (χ0) is 17.8. The van der Waals surface area contributed by atoms with Crippen LogP contribution in [-0.4, -0.2) is 5.91 Å². The molecule has 3 nitrogen and oxygen atoms in total. The summed E-state index contributed by atoms with van der Waals surface area (Å²) in [7, 11) is 0. The number of nitrogens with one attached hydrogen (secondary N) is 2. The number of aryl methyl sites for hydroxylation is 1. The van der Waals surface area contributed by atoms with Crippen molar-refractivity contribution >= 4 is 27.9 Å². The van der Waals surface area contributed by atoms with Crippen molar-refractivity contribution in [2.45, 2.75) is 32.2 Å². The molecule has 0 saturated carbocycles. The number of anilines is 2. The normalized spacial score (nSPS) is 13.1. The van der Waals surface area contributed by atoms with Crippen molar-refractivity contribution < 1.29 is 4.79 Å². The van der Waals surface area contributed by atoms with E-state index in [0.717, 1.165) is 30.1 Å². The Morgan fingerprint density at radius 3 is 2.38 bits per heavy atom. The molecular formula is C22H22N2OS. The van der Waals surface area contributed by atoms with E-state index in [9.17, 15) is 4.79 Å². The zero-order valence-electron chi connectivity index (χ0n) is 14.6. The van der Waals surface area contributed by atoms with E-state index in [0.29, 0.717) is 5.56 Å². The van der Waals surface area contributed by atoms with E-state index in [-0.39, 0.29) is 5.91 Å². The van der Waals surface area contributed by atoms with Gasteiger partial charge in [0.25, 0.3) is 5.91 Å². The summed E-state index contributed by atoms with van der Waals surface area (Å²) in [5.74, 6) is -0.0369. The first-order chi connectivity index (χ1) is 12.8. The van der Waals surface area contributed by atoms with E-state index in [1.54, 1.807) is 11.3 Å². The lowest BCUT2D eigenvalue weighted by atomic mass is 9.95. The van der Waals surface area contributed by atoms with Crippen LogP contribution in [0, 0.1) is 0 Å². The molecule has 0 atom stereocenters. The van der Waals surface area contributed by atoms with Gasteiger partial charge < -0.3 is 10.6 Å². The molecule has 0 fully saturated rings. The number of hydrogen-bond donors (Lipinski definition) is 2. The summed E-state index contributed by atoms with van der Waals surface area (Å²) in [4.78, 5) is 14.1. The van der Waals surface area contributed by atoms with Gasteiger partial charge in [0.2, 0.25) is 0 Å². The van der Waals surface area contributed by atoms with Crippen molar-refractivity contribution in [3.63, 3.8) is 0 Å². The molecule has 1 heterocycles. The predicted molar refractivity (Wildman–Crippen MR) is 109 cm³/mol. The SMILES string of the molecule is O=C(Nc1sc2c(c1CNc1ccccc1)CCCC2)c1ccccc1. The van der Waals surface area contributed by atoms with Gasteiger partial charge in [-0.25, -0.2) is 0 Å². The van der Waals surface area contributed by atoms with Crippen LogP contribution in [-0.2, 0) is 19.4 Å². The first-order valence-electron chi connectivity index (χ1n) is 9.10. The number of hydrogen-bond acceptors (Lipinski definition) is 3. The standard InChI is InChI=1S/C22H22N2OS/c25-21(16-9-3-1-4-10-16)24-22-19(15-23-17-11-5-2-6-12-17)18-13-7-8-14-20(18)26-22/h1-6,9-12,23H,7-8,13-15H2,(H,24,25). The van der Waals surface area contributed by atoms with Gasteiger partial charge in [-0.1, -0.05) is 36.4 Å². The predicted octanol–water partition coefficient (Wildman–Crippen LogP) is 5.49. The van der Waals surface area contributed by atoms with Crippen LogP contribution in [0.15, 0.2) is 60.7 Å². The van der Waals surface area contributed by atoms with Crippen molar-refractivity contribution in [1.82, 2.24) is 0 Å². The third-order valence-electron chi connectivity index (χ3n) is 4.79. The smallest absolute Gasteiger partial charge is 0.256 e. The molecule has 2 N–H and O–H groups in total. The van der Waals surface area contributed by atoms with Crippen LogP contribution in [0.5, 0.6) is 0 Å². The molecule has 1 aliphatic carbocycles. The van der Waals surface area contributed by atoms with Gasteiger partial charge in [0.05, 0.1) is 0 Å². The molecular weight excluding hydrogens is 340 g/mol. The van der Waals surface area contributed by atoms with Gasteiger partial charge in [0, 0.05) is 28.2 Å². The molecule has 0 aliphatic heterocycles. The number of fused-ring (bicyclic) bond motifs is 1. The summed E-state index contributed by atoms with van der Waals surface area (Å²) in [5, 5.41) is 7.66. The van der Waals surface area contributed by atoms with Crippen molar-refractivity contribution in [3.05, 3.63) is 82.2 Å². The monoisotopic (exact) mass is 362 g/mol. The highest BCUT2D eigenvalue weighted by molar-refractivity contribution is 7.16. The lowest BCUT2D eigenvalue weighted by molar-refractivity contribution is 0.102. The molecule has 132 valence electrons. The molecule has 0 radical (unpaired) electrons. The van der Waals surface area contributed by atoms with Crippen molar-refractivity contribution in [2.75, 3.05) is 10.6 Å². The lowest BCUT2D eigenvalue weighted by Crippen LogP contribution is -2.13. The van der Waals surface area contributed by atoms with Crippen LogP contribution in [0.4, 0.5) is 10.7 Å². The average Bonchev–Trinajstić information content (AvgIpc) is 3.05. The Kier molecular flexibility index (Phi) is 5.02. The molecule has 0 bridgehead atoms. The molecule has 26 heavy (non-hydrogen) atoms. The summed E-state index contributed by atoms with van der Waals surface area (Å²) in [5.41, 5.74) is 4.48. The van der Waals surface area contributed by atoms with Crippen LogP contribution in [0.25, 0.3) is 0 Å². The fourth-order valence-corrected chi connectivity index (χ4v) is 4.73. The molecule has 0 unspecified atom stereocenters. The first-order valence-corrected chi connectivity index (χ1v) is 9.91. The number of amides is 1. The van der Waals surface area contributed by atoms with E-state index in [4.69, 9.17) is 0 Å². The molecule has 1 amide bonds. The van der Waals surface area contributed by atoms with Crippen LogP contribution >= 0.6 is 11.3 Å². The van der Waals surface area contributed by atoms with Gasteiger partial charge in [-0.15, -0.1) is 11.3 Å². The maximum absolute atomic E-state index is 12.6. The third kappa shape index (κ3) is 3.65. The number of thiophene rings is 1. The minimum Gasteiger partial charge on any atom is -0.381 e. The van der Waals surface area contributed by atoms with E-state index in [1.165, 1.54) is 28.8 Å². The zero-order valence-corrected chi connectivity index (χ0v) is 15.4. The highest BCUT2D eigenvalue weighted by Gasteiger charge is 2.22. The molecule has 1 aromatic heterocycles. The second-order valence-electron chi connectivity index (χ2n) is 6.56. The molecule has 0 saturated heterocycles. The highest BCUT2D eigenvalue weighted by Crippen LogP contribution is 2.38. The number of benzene rings is 2. The molecule has 4 heteroatoms. The van der Waals surface area contributed by atoms with Gasteiger partial charge in [0.1, 0.15) is 5.00 Å². The summed E-state index contributed by atoms with van der Waals surface area (Å²) in [6, 6.07) is 19.6. The Labute approximate surface area is 158 Å². The Hall–Kier alpha value is -2.59. The highest BCUT2D eigenvalue weighted by atomic mass is 32.1. The van der Waals surface area contributed by atoms with Gasteiger partial charge in [0.15, 0.2) is 0 Å². The van der Waals surface area contributed by atoms with E-state index < -0.39 is 0 Å². The first kappa shape index (κ1) is 16.9. The van der Waals surface area contributed by atoms with Crippen molar-refractivity contribution in [2.24, 2.45) is 0 Å². The summed E-state index contributed by atoms with van der Waals surface area (Å²) < 4.78 is 0. The van der Waals surface area contributed by atoms with Gasteiger partial charge in [-0.3, -0.25) is 4.79 Å². The van der Waals surface area contributed by atoms with Crippen LogP contribution < -0.4 is 10.6 Å². The maximum Gasteiger partial charge on any atom is 0.256 e. The summed E-state index contributed by atoms with van der Waals surface area (Å²) in [6.07, 6.45) is 4.71. The average molecular weight is 362 g/mol. The molecule has 1 aliphatic rings. The summed E-state index contributed by atoms with van der Waals surface area (Å²) >= 11 is 1.75. The largest absolute Gasteiger partial charge is 0.381 e. The maximum atomic E-state index is 12.6. The Bertz CT molecular complexity index is 887. The van der Waals surface area contributed by atoms with E-state index in [2.05, 4.69) is 22.8 Å². The number of para-hydroxylation sites is 1. The number of carbonyl (C=O) groups is 1. The fourth-order valence-electron chi connectivity index (χ4n) is 3.43.